The Morgan fingerprint density at radius 3 is 2.65 bits per heavy atom. The van der Waals surface area contributed by atoms with Gasteiger partial charge in [-0.25, -0.2) is 0 Å². The third kappa shape index (κ3) is 3.03. The summed E-state index contributed by atoms with van der Waals surface area (Å²) in [7, 11) is 0. The smallest absolute Gasteiger partial charge is 0.253 e. The largest absolute Gasteiger partial charge is 0.388 e. The average Bonchev–Trinajstić information content (AvgIpc) is 3.18. The second-order valence-corrected chi connectivity index (χ2v) is 6.53. The number of aromatic nitrogens is 2. The first-order valence-corrected chi connectivity index (χ1v) is 8.03. The van der Waals surface area contributed by atoms with E-state index in [2.05, 4.69) is 10.5 Å². The summed E-state index contributed by atoms with van der Waals surface area (Å²) >= 11 is 0. The number of hydrogen-bond acceptors (Lipinski definition) is 4. The fraction of sp³-hybridized carbons (Fsp3) is 0.529. The summed E-state index contributed by atoms with van der Waals surface area (Å²) in [5, 5.41) is 17.2. The van der Waals surface area contributed by atoms with E-state index in [1.807, 2.05) is 37.5 Å². The highest BCUT2D eigenvalue weighted by atomic mass is 16.5. The van der Waals surface area contributed by atoms with Crippen LogP contribution < -0.4 is 5.32 Å². The average molecular weight is 317 g/mol. The SMILES string of the molecule is Cc1cc(-n2c(C)cc(C(=O)NCC3(O)CCCC3)c2C)no1. The molecule has 0 bridgehead atoms. The molecule has 0 saturated heterocycles. The number of aliphatic hydroxyl groups is 1. The molecule has 124 valence electrons. The van der Waals surface area contributed by atoms with Gasteiger partial charge in [0.15, 0.2) is 5.82 Å². The number of carbonyl (C=O) groups is 1. The molecule has 2 aromatic rings. The Morgan fingerprint density at radius 1 is 1.35 bits per heavy atom. The molecule has 0 radical (unpaired) electrons. The van der Waals surface area contributed by atoms with Crippen molar-refractivity contribution in [3.8, 4) is 5.82 Å². The number of aryl methyl sites for hydroxylation is 2. The third-order valence-corrected chi connectivity index (χ3v) is 4.63. The van der Waals surface area contributed by atoms with E-state index < -0.39 is 5.60 Å². The van der Waals surface area contributed by atoms with Crippen molar-refractivity contribution in [3.05, 3.63) is 34.8 Å². The van der Waals surface area contributed by atoms with Crippen LogP contribution in [0.3, 0.4) is 0 Å². The molecule has 3 rings (SSSR count). The lowest BCUT2D eigenvalue weighted by Crippen LogP contribution is -2.40. The lowest BCUT2D eigenvalue weighted by atomic mass is 10.0. The van der Waals surface area contributed by atoms with Gasteiger partial charge in [0.25, 0.3) is 5.91 Å². The van der Waals surface area contributed by atoms with Crippen LogP contribution in [0.1, 0.15) is 53.2 Å². The number of nitrogens with zero attached hydrogens (tertiary/aromatic N) is 2. The van der Waals surface area contributed by atoms with Gasteiger partial charge in [0, 0.05) is 24.0 Å². The molecule has 1 aliphatic carbocycles. The van der Waals surface area contributed by atoms with Crippen molar-refractivity contribution >= 4 is 5.91 Å². The normalized spacial score (nSPS) is 16.7. The zero-order valence-corrected chi connectivity index (χ0v) is 13.8. The molecule has 2 heterocycles. The van der Waals surface area contributed by atoms with Crippen LogP contribution in [0.25, 0.3) is 5.82 Å². The molecular formula is C17H23N3O3. The summed E-state index contributed by atoms with van der Waals surface area (Å²) in [5.74, 6) is 1.23. The van der Waals surface area contributed by atoms with Gasteiger partial charge >= 0.3 is 0 Å². The zero-order chi connectivity index (χ0) is 16.6. The predicted molar refractivity (Wildman–Crippen MR) is 85.8 cm³/mol. The molecule has 0 spiro atoms. The Morgan fingerprint density at radius 2 is 2.04 bits per heavy atom. The maximum atomic E-state index is 12.5. The molecule has 23 heavy (non-hydrogen) atoms. The van der Waals surface area contributed by atoms with Crippen LogP contribution in [0.5, 0.6) is 0 Å². The van der Waals surface area contributed by atoms with Gasteiger partial charge in [0.2, 0.25) is 0 Å². The van der Waals surface area contributed by atoms with Crippen molar-refractivity contribution in [2.24, 2.45) is 0 Å². The minimum Gasteiger partial charge on any atom is -0.388 e. The molecule has 1 aliphatic rings. The quantitative estimate of drug-likeness (QED) is 0.907. The predicted octanol–water partition coefficient (Wildman–Crippen LogP) is 2.43. The molecule has 0 aromatic carbocycles. The van der Waals surface area contributed by atoms with Crippen molar-refractivity contribution in [3.63, 3.8) is 0 Å². The summed E-state index contributed by atoms with van der Waals surface area (Å²) in [6, 6.07) is 3.68. The van der Waals surface area contributed by atoms with Gasteiger partial charge in [-0.05, 0) is 39.7 Å². The van der Waals surface area contributed by atoms with Gasteiger partial charge in [0.1, 0.15) is 5.76 Å². The molecule has 0 unspecified atom stereocenters. The van der Waals surface area contributed by atoms with Gasteiger partial charge < -0.3 is 14.9 Å². The Kier molecular flexibility index (Phi) is 4.02. The van der Waals surface area contributed by atoms with Crippen LogP contribution in [-0.4, -0.2) is 32.9 Å². The van der Waals surface area contributed by atoms with E-state index in [1.54, 1.807) is 0 Å². The van der Waals surface area contributed by atoms with E-state index in [-0.39, 0.29) is 5.91 Å². The minimum atomic E-state index is -0.746. The summed E-state index contributed by atoms with van der Waals surface area (Å²) in [4.78, 5) is 12.5. The maximum Gasteiger partial charge on any atom is 0.253 e. The van der Waals surface area contributed by atoms with E-state index in [9.17, 15) is 9.90 Å². The van der Waals surface area contributed by atoms with Crippen molar-refractivity contribution in [1.82, 2.24) is 15.0 Å². The van der Waals surface area contributed by atoms with Crippen molar-refractivity contribution < 1.29 is 14.4 Å². The zero-order valence-electron chi connectivity index (χ0n) is 13.8. The van der Waals surface area contributed by atoms with E-state index in [0.717, 1.165) is 42.8 Å². The molecule has 6 nitrogen and oxygen atoms in total. The van der Waals surface area contributed by atoms with Crippen LogP contribution in [0.2, 0.25) is 0 Å². The number of carbonyl (C=O) groups excluding carboxylic acids is 1. The summed E-state index contributed by atoms with van der Waals surface area (Å²) in [5.41, 5.74) is 1.58. The molecule has 0 atom stereocenters. The summed E-state index contributed by atoms with van der Waals surface area (Å²) in [6.07, 6.45) is 3.55. The molecule has 2 aromatic heterocycles. The first kappa shape index (κ1) is 15.8. The van der Waals surface area contributed by atoms with E-state index in [4.69, 9.17) is 4.52 Å². The van der Waals surface area contributed by atoms with Crippen molar-refractivity contribution in [2.75, 3.05) is 6.54 Å². The number of hydrogen-bond donors (Lipinski definition) is 2. The van der Waals surface area contributed by atoms with Gasteiger partial charge in [0.05, 0.1) is 11.2 Å². The number of amides is 1. The fourth-order valence-corrected chi connectivity index (χ4v) is 3.35. The summed E-state index contributed by atoms with van der Waals surface area (Å²) < 4.78 is 7.02. The summed E-state index contributed by atoms with van der Waals surface area (Å²) in [6.45, 7) is 5.95. The topological polar surface area (TPSA) is 80.3 Å². The number of rotatable bonds is 4. The van der Waals surface area contributed by atoms with Crippen LogP contribution >= 0.6 is 0 Å². The standard InChI is InChI=1S/C17H23N3O3/c1-11-8-14(13(3)20(11)15-9-12(2)23-19-15)16(21)18-10-17(22)6-4-5-7-17/h8-9,22H,4-7,10H2,1-3H3,(H,18,21). The van der Waals surface area contributed by atoms with Crippen LogP contribution in [0.4, 0.5) is 0 Å². The monoisotopic (exact) mass is 317 g/mol. The Labute approximate surface area is 135 Å². The van der Waals surface area contributed by atoms with Gasteiger partial charge in [-0.3, -0.25) is 9.36 Å². The maximum absolute atomic E-state index is 12.5. The van der Waals surface area contributed by atoms with E-state index >= 15 is 0 Å². The Balaban J connectivity index is 1.79. The highest BCUT2D eigenvalue weighted by Gasteiger charge is 2.31. The van der Waals surface area contributed by atoms with E-state index in [0.29, 0.717) is 17.9 Å². The highest BCUT2D eigenvalue weighted by molar-refractivity contribution is 5.95. The second kappa shape index (κ2) is 5.85. The van der Waals surface area contributed by atoms with Crippen molar-refractivity contribution in [1.29, 1.82) is 0 Å². The van der Waals surface area contributed by atoms with Crippen LogP contribution in [0.15, 0.2) is 16.7 Å². The van der Waals surface area contributed by atoms with Gasteiger partial charge in [-0.15, -0.1) is 0 Å². The molecule has 1 fully saturated rings. The second-order valence-electron chi connectivity index (χ2n) is 6.53. The Bertz CT molecular complexity index is 724. The minimum absolute atomic E-state index is 0.162. The molecule has 6 heteroatoms. The molecular weight excluding hydrogens is 294 g/mol. The van der Waals surface area contributed by atoms with Crippen LogP contribution in [-0.2, 0) is 0 Å². The fourth-order valence-electron chi connectivity index (χ4n) is 3.35. The highest BCUT2D eigenvalue weighted by Crippen LogP contribution is 2.29. The number of nitrogens with one attached hydrogen (secondary N) is 1. The molecule has 2 N–H and O–H groups in total. The van der Waals surface area contributed by atoms with Crippen molar-refractivity contribution in [2.45, 2.75) is 52.1 Å². The molecule has 1 amide bonds. The lowest BCUT2D eigenvalue weighted by Gasteiger charge is -2.22. The Hall–Kier alpha value is -2.08. The van der Waals surface area contributed by atoms with Crippen LogP contribution in [0, 0.1) is 20.8 Å². The molecule has 1 saturated carbocycles. The van der Waals surface area contributed by atoms with E-state index in [1.165, 1.54) is 0 Å². The van der Waals surface area contributed by atoms with Gasteiger partial charge in [-0.1, -0.05) is 18.0 Å². The lowest BCUT2D eigenvalue weighted by molar-refractivity contribution is 0.0449. The third-order valence-electron chi connectivity index (χ3n) is 4.63. The van der Waals surface area contributed by atoms with Gasteiger partial charge in [-0.2, -0.15) is 0 Å². The first-order valence-electron chi connectivity index (χ1n) is 8.03. The molecule has 0 aliphatic heterocycles. The first-order chi connectivity index (χ1) is 10.9.